The molecule has 0 unspecified atom stereocenters. The molecule has 1 aliphatic heterocycles. The number of hydrogen-bond donors (Lipinski definition) is 3. The number of aromatic nitrogens is 1. The number of anilines is 1. The number of nitrogens with zero attached hydrogens (tertiary/aromatic N) is 3. The normalized spacial score (nSPS) is 16.9. The fraction of sp³-hybridized carbons (Fsp3) is 0.571. The lowest BCUT2D eigenvalue weighted by Crippen LogP contribution is -2.52. The van der Waals surface area contributed by atoms with E-state index >= 15 is 0 Å². The highest BCUT2D eigenvalue weighted by molar-refractivity contribution is 5.94. The number of hydrazine groups is 1. The Morgan fingerprint density at radius 1 is 1.43 bits per heavy atom. The van der Waals surface area contributed by atoms with Gasteiger partial charge in [-0.1, -0.05) is 0 Å². The zero-order chi connectivity index (χ0) is 15.5. The molecule has 4 N–H and O–H groups in total. The van der Waals surface area contributed by atoms with Crippen LogP contribution in [0.15, 0.2) is 18.3 Å². The lowest BCUT2D eigenvalue weighted by atomic mass is 10.1. The molecule has 2 heterocycles. The van der Waals surface area contributed by atoms with Crippen LogP contribution >= 0.6 is 0 Å². The molecule has 116 valence electrons. The van der Waals surface area contributed by atoms with E-state index in [1.807, 2.05) is 4.90 Å². The SMILES string of the molecule is CC(C)(O)CN1CCN(C(=O)c2ccnc(NN)c2)CC1. The maximum atomic E-state index is 12.4. The number of β-amino-alcohol motifs (C(OH)–C–C–N with tert-alkyl or cyclic N) is 1. The third-order valence-electron chi connectivity index (χ3n) is 3.42. The molecule has 0 bridgehead atoms. The maximum Gasteiger partial charge on any atom is 0.254 e. The standard InChI is InChI=1S/C14H23N5O2/c1-14(2,21)10-18-5-7-19(8-6-18)13(20)11-3-4-16-12(9-11)17-15/h3-4,9,21H,5-8,10,15H2,1-2H3,(H,16,17). The van der Waals surface area contributed by atoms with Crippen LogP contribution in [0, 0.1) is 0 Å². The van der Waals surface area contributed by atoms with Gasteiger partial charge in [0.15, 0.2) is 0 Å². The summed E-state index contributed by atoms with van der Waals surface area (Å²) in [7, 11) is 0. The number of amides is 1. The Morgan fingerprint density at radius 3 is 2.67 bits per heavy atom. The molecule has 7 heteroatoms. The fourth-order valence-corrected chi connectivity index (χ4v) is 2.48. The summed E-state index contributed by atoms with van der Waals surface area (Å²) in [5.74, 6) is 5.76. The zero-order valence-electron chi connectivity index (χ0n) is 12.5. The molecular weight excluding hydrogens is 270 g/mol. The van der Waals surface area contributed by atoms with Gasteiger partial charge >= 0.3 is 0 Å². The number of nitrogens with one attached hydrogen (secondary N) is 1. The smallest absolute Gasteiger partial charge is 0.254 e. The first kappa shape index (κ1) is 15.7. The number of pyridine rings is 1. The molecular formula is C14H23N5O2. The van der Waals surface area contributed by atoms with Crippen molar-refractivity contribution in [3.05, 3.63) is 23.9 Å². The van der Waals surface area contributed by atoms with E-state index in [-0.39, 0.29) is 5.91 Å². The summed E-state index contributed by atoms with van der Waals surface area (Å²) in [6.45, 7) is 7.05. The van der Waals surface area contributed by atoms with Gasteiger partial charge in [0, 0.05) is 44.5 Å². The predicted octanol–water partition coefficient (Wildman–Crippen LogP) is -0.104. The second-order valence-corrected chi connectivity index (χ2v) is 5.95. The number of rotatable bonds is 4. The van der Waals surface area contributed by atoms with Crippen LogP contribution in [-0.2, 0) is 0 Å². The van der Waals surface area contributed by atoms with Gasteiger partial charge in [0.1, 0.15) is 5.82 Å². The Labute approximate surface area is 124 Å². The topological polar surface area (TPSA) is 94.7 Å². The van der Waals surface area contributed by atoms with Crippen molar-refractivity contribution in [3.63, 3.8) is 0 Å². The summed E-state index contributed by atoms with van der Waals surface area (Å²) in [4.78, 5) is 20.4. The molecule has 0 atom stereocenters. The van der Waals surface area contributed by atoms with E-state index in [9.17, 15) is 9.90 Å². The molecule has 1 fully saturated rings. The van der Waals surface area contributed by atoms with E-state index in [0.29, 0.717) is 31.0 Å². The van der Waals surface area contributed by atoms with Gasteiger partial charge in [-0.15, -0.1) is 0 Å². The number of carbonyl (C=O) groups is 1. The highest BCUT2D eigenvalue weighted by Gasteiger charge is 2.25. The molecule has 1 aromatic heterocycles. The second-order valence-electron chi connectivity index (χ2n) is 5.95. The first-order valence-corrected chi connectivity index (χ1v) is 7.06. The van der Waals surface area contributed by atoms with Crippen molar-refractivity contribution in [1.29, 1.82) is 0 Å². The van der Waals surface area contributed by atoms with Crippen molar-refractivity contribution in [2.24, 2.45) is 5.84 Å². The van der Waals surface area contributed by atoms with Crippen LogP contribution < -0.4 is 11.3 Å². The Balaban J connectivity index is 1.94. The summed E-state index contributed by atoms with van der Waals surface area (Å²) < 4.78 is 0. The minimum absolute atomic E-state index is 0.0168. The molecule has 1 amide bonds. The summed E-state index contributed by atoms with van der Waals surface area (Å²) >= 11 is 0. The lowest BCUT2D eigenvalue weighted by molar-refractivity contribution is 0.0178. The van der Waals surface area contributed by atoms with Gasteiger partial charge in [0.05, 0.1) is 5.60 Å². The minimum Gasteiger partial charge on any atom is -0.389 e. The molecule has 0 spiro atoms. The van der Waals surface area contributed by atoms with Crippen LogP contribution in [0.4, 0.5) is 5.82 Å². The zero-order valence-corrected chi connectivity index (χ0v) is 12.5. The van der Waals surface area contributed by atoms with E-state index in [2.05, 4.69) is 15.3 Å². The fourth-order valence-electron chi connectivity index (χ4n) is 2.48. The van der Waals surface area contributed by atoms with Crippen LogP contribution in [0.25, 0.3) is 0 Å². The molecule has 1 saturated heterocycles. The quantitative estimate of drug-likeness (QED) is 0.530. The van der Waals surface area contributed by atoms with Gasteiger partial charge < -0.3 is 15.4 Å². The highest BCUT2D eigenvalue weighted by Crippen LogP contribution is 2.13. The van der Waals surface area contributed by atoms with E-state index in [1.54, 1.807) is 32.2 Å². The summed E-state index contributed by atoms with van der Waals surface area (Å²) in [5, 5.41) is 9.83. The van der Waals surface area contributed by atoms with Crippen molar-refractivity contribution in [1.82, 2.24) is 14.8 Å². The second kappa shape index (κ2) is 6.38. The van der Waals surface area contributed by atoms with E-state index in [1.165, 1.54) is 0 Å². The molecule has 0 radical (unpaired) electrons. The Bertz CT molecular complexity index is 492. The van der Waals surface area contributed by atoms with Gasteiger partial charge in [0.25, 0.3) is 5.91 Å². The number of nitrogens with two attached hydrogens (primary N) is 1. The molecule has 0 aromatic carbocycles. The van der Waals surface area contributed by atoms with Gasteiger partial charge in [-0.05, 0) is 26.0 Å². The first-order valence-electron chi connectivity index (χ1n) is 7.06. The monoisotopic (exact) mass is 293 g/mol. The van der Waals surface area contributed by atoms with Crippen molar-refractivity contribution >= 4 is 11.7 Å². The van der Waals surface area contributed by atoms with E-state index < -0.39 is 5.60 Å². The van der Waals surface area contributed by atoms with Gasteiger partial charge in [-0.2, -0.15) is 0 Å². The average Bonchev–Trinajstić information content (AvgIpc) is 2.46. The first-order chi connectivity index (χ1) is 9.89. The van der Waals surface area contributed by atoms with Crippen LogP contribution in [0.5, 0.6) is 0 Å². The highest BCUT2D eigenvalue weighted by atomic mass is 16.3. The van der Waals surface area contributed by atoms with Crippen LogP contribution in [0.1, 0.15) is 24.2 Å². The molecule has 7 nitrogen and oxygen atoms in total. The molecule has 21 heavy (non-hydrogen) atoms. The molecule has 0 saturated carbocycles. The van der Waals surface area contributed by atoms with Gasteiger partial charge in [-0.3, -0.25) is 9.69 Å². The van der Waals surface area contributed by atoms with E-state index in [4.69, 9.17) is 5.84 Å². The average molecular weight is 293 g/mol. The van der Waals surface area contributed by atoms with Gasteiger partial charge in [0.2, 0.25) is 0 Å². The number of piperazine rings is 1. The molecule has 2 rings (SSSR count). The van der Waals surface area contributed by atoms with Crippen molar-refractivity contribution in [3.8, 4) is 0 Å². The third-order valence-corrected chi connectivity index (χ3v) is 3.42. The van der Waals surface area contributed by atoms with Crippen LogP contribution in [0.2, 0.25) is 0 Å². The van der Waals surface area contributed by atoms with Crippen molar-refractivity contribution in [2.75, 3.05) is 38.1 Å². The Morgan fingerprint density at radius 2 is 2.10 bits per heavy atom. The van der Waals surface area contributed by atoms with E-state index in [0.717, 1.165) is 13.1 Å². The largest absolute Gasteiger partial charge is 0.389 e. The number of aliphatic hydroxyl groups is 1. The Kier molecular flexibility index (Phi) is 4.76. The maximum absolute atomic E-state index is 12.4. The van der Waals surface area contributed by atoms with Gasteiger partial charge in [-0.25, -0.2) is 10.8 Å². The minimum atomic E-state index is -0.709. The van der Waals surface area contributed by atoms with Crippen LogP contribution in [-0.4, -0.2) is 64.1 Å². The number of hydrogen-bond acceptors (Lipinski definition) is 6. The Hall–Kier alpha value is -1.70. The summed E-state index contributed by atoms with van der Waals surface area (Å²) in [5.41, 5.74) is 2.31. The van der Waals surface area contributed by atoms with Crippen LogP contribution in [0.3, 0.4) is 0 Å². The van der Waals surface area contributed by atoms with Crippen molar-refractivity contribution in [2.45, 2.75) is 19.4 Å². The molecule has 1 aliphatic rings. The summed E-state index contributed by atoms with van der Waals surface area (Å²) in [6, 6.07) is 3.33. The number of nitrogen functional groups attached to an aromatic ring is 1. The third kappa shape index (κ3) is 4.38. The predicted molar refractivity (Wildman–Crippen MR) is 80.7 cm³/mol. The number of carbonyl (C=O) groups excluding carboxylic acids is 1. The summed E-state index contributed by atoms with van der Waals surface area (Å²) in [6.07, 6.45) is 1.56. The lowest BCUT2D eigenvalue weighted by Gasteiger charge is -2.37. The van der Waals surface area contributed by atoms with Crippen molar-refractivity contribution < 1.29 is 9.90 Å². The molecule has 0 aliphatic carbocycles. The molecule has 1 aromatic rings.